The summed E-state index contributed by atoms with van der Waals surface area (Å²) in [7, 11) is 0. The van der Waals surface area contributed by atoms with Gasteiger partial charge in [0.15, 0.2) is 5.75 Å². The van der Waals surface area contributed by atoms with Crippen molar-refractivity contribution in [3.8, 4) is 11.5 Å². The van der Waals surface area contributed by atoms with Gasteiger partial charge in [-0.05, 0) is 49.4 Å². The Hall–Kier alpha value is -4.20. The lowest BCUT2D eigenvalue weighted by atomic mass is 10.1. The molecule has 0 spiro atoms. The maximum Gasteiger partial charge on any atom is 0.328 e. The molecular formula is C23H18FN3O4. The quantitative estimate of drug-likeness (QED) is 0.513. The molecule has 156 valence electrons. The topological polar surface area (TPSA) is 93.2 Å². The number of anilines is 1. The number of ether oxygens (including phenoxy) is 1. The minimum atomic E-state index is -0.536. The van der Waals surface area contributed by atoms with Crippen molar-refractivity contribution in [1.29, 1.82) is 0 Å². The highest BCUT2D eigenvalue weighted by atomic mass is 19.1. The molecule has 8 heteroatoms. The number of aromatic nitrogens is 2. The summed E-state index contributed by atoms with van der Waals surface area (Å²) >= 11 is 0. The number of para-hydroxylation sites is 2. The summed E-state index contributed by atoms with van der Waals surface area (Å²) in [6, 6.07) is 16.9. The number of hydrogen-bond acceptors (Lipinski definition) is 4. The number of nitrogens with one attached hydrogen (secondary N) is 2. The zero-order valence-electron chi connectivity index (χ0n) is 16.5. The van der Waals surface area contributed by atoms with Crippen molar-refractivity contribution in [1.82, 2.24) is 9.55 Å². The van der Waals surface area contributed by atoms with Crippen LogP contribution in [0.25, 0.3) is 10.9 Å². The molecular weight excluding hydrogens is 401 g/mol. The Kier molecular flexibility index (Phi) is 5.36. The third-order valence-corrected chi connectivity index (χ3v) is 4.72. The number of fused-ring (bicyclic) bond motifs is 1. The number of rotatable bonds is 5. The highest BCUT2D eigenvalue weighted by molar-refractivity contribution is 6.06. The SMILES string of the molecule is CCn1c(=O)[nH]c2cc(C(=O)Nc3ccccc3Oc3cccc(F)c3)ccc2c1=O. The maximum absolute atomic E-state index is 13.4. The molecule has 1 heterocycles. The molecule has 0 saturated heterocycles. The number of hydrogen-bond donors (Lipinski definition) is 2. The zero-order chi connectivity index (χ0) is 22.0. The van der Waals surface area contributed by atoms with Gasteiger partial charge in [-0.1, -0.05) is 18.2 Å². The van der Waals surface area contributed by atoms with Crippen LogP contribution in [0, 0.1) is 5.82 Å². The first-order valence-corrected chi connectivity index (χ1v) is 9.57. The molecule has 0 radical (unpaired) electrons. The van der Waals surface area contributed by atoms with E-state index in [2.05, 4.69) is 10.3 Å². The van der Waals surface area contributed by atoms with E-state index in [-0.39, 0.29) is 23.4 Å². The molecule has 31 heavy (non-hydrogen) atoms. The summed E-state index contributed by atoms with van der Waals surface area (Å²) < 4.78 is 20.2. The van der Waals surface area contributed by atoms with E-state index < -0.39 is 23.0 Å². The molecule has 4 rings (SSSR count). The van der Waals surface area contributed by atoms with Gasteiger partial charge in [-0.15, -0.1) is 0 Å². The molecule has 0 bridgehead atoms. The van der Waals surface area contributed by atoms with Crippen molar-refractivity contribution >= 4 is 22.5 Å². The van der Waals surface area contributed by atoms with E-state index in [1.165, 1.54) is 36.4 Å². The Balaban J connectivity index is 1.64. The van der Waals surface area contributed by atoms with Crippen LogP contribution in [0.15, 0.2) is 76.3 Å². The van der Waals surface area contributed by atoms with Crippen LogP contribution < -0.4 is 21.3 Å². The second-order valence-electron chi connectivity index (χ2n) is 6.75. The van der Waals surface area contributed by atoms with Crippen molar-refractivity contribution in [2.24, 2.45) is 0 Å². The van der Waals surface area contributed by atoms with Crippen molar-refractivity contribution in [2.45, 2.75) is 13.5 Å². The third kappa shape index (κ3) is 4.09. The number of amides is 1. The fourth-order valence-corrected chi connectivity index (χ4v) is 3.19. The van der Waals surface area contributed by atoms with Gasteiger partial charge in [0.05, 0.1) is 16.6 Å². The Morgan fingerprint density at radius 1 is 1.06 bits per heavy atom. The molecule has 3 aromatic carbocycles. The van der Waals surface area contributed by atoms with Gasteiger partial charge in [0.2, 0.25) is 0 Å². The minimum absolute atomic E-state index is 0.244. The highest BCUT2D eigenvalue weighted by Crippen LogP contribution is 2.30. The Morgan fingerprint density at radius 3 is 2.65 bits per heavy atom. The number of halogens is 1. The normalized spacial score (nSPS) is 10.8. The van der Waals surface area contributed by atoms with Crippen molar-refractivity contribution < 1.29 is 13.9 Å². The molecule has 0 aliphatic rings. The Bertz CT molecular complexity index is 1410. The van der Waals surface area contributed by atoms with Crippen LogP contribution in [0.5, 0.6) is 11.5 Å². The third-order valence-electron chi connectivity index (χ3n) is 4.72. The average Bonchev–Trinajstić information content (AvgIpc) is 2.75. The summed E-state index contributed by atoms with van der Waals surface area (Å²) in [6.45, 7) is 1.95. The predicted octanol–water partition coefficient (Wildman–Crippen LogP) is 3.89. The first-order valence-electron chi connectivity index (χ1n) is 9.57. The molecule has 1 amide bonds. The van der Waals surface area contributed by atoms with E-state index in [0.29, 0.717) is 16.8 Å². The van der Waals surface area contributed by atoms with E-state index in [9.17, 15) is 18.8 Å². The second-order valence-corrected chi connectivity index (χ2v) is 6.75. The first-order chi connectivity index (χ1) is 15.0. The lowest BCUT2D eigenvalue weighted by Crippen LogP contribution is -2.34. The fraction of sp³-hybridized carbons (Fsp3) is 0.0870. The molecule has 0 unspecified atom stereocenters. The van der Waals surface area contributed by atoms with Crippen LogP contribution in [-0.4, -0.2) is 15.5 Å². The van der Waals surface area contributed by atoms with E-state index in [1.54, 1.807) is 37.3 Å². The summed E-state index contributed by atoms with van der Waals surface area (Å²) in [4.78, 5) is 39.9. The van der Waals surface area contributed by atoms with Crippen LogP contribution in [0.3, 0.4) is 0 Å². The summed E-state index contributed by atoms with van der Waals surface area (Å²) in [6.07, 6.45) is 0. The van der Waals surface area contributed by atoms with Crippen molar-refractivity contribution in [2.75, 3.05) is 5.32 Å². The van der Waals surface area contributed by atoms with Gasteiger partial charge >= 0.3 is 5.69 Å². The number of carbonyl (C=O) groups excluding carboxylic acids is 1. The molecule has 1 aromatic heterocycles. The van der Waals surface area contributed by atoms with Gasteiger partial charge in [-0.25, -0.2) is 9.18 Å². The van der Waals surface area contributed by atoms with Crippen molar-refractivity contribution in [3.63, 3.8) is 0 Å². The highest BCUT2D eigenvalue weighted by Gasteiger charge is 2.13. The second kappa shape index (κ2) is 8.27. The summed E-state index contributed by atoms with van der Waals surface area (Å²) in [5, 5.41) is 3.06. The molecule has 0 aliphatic heterocycles. The van der Waals surface area contributed by atoms with Gasteiger partial charge in [0, 0.05) is 18.2 Å². The van der Waals surface area contributed by atoms with Crippen LogP contribution in [0.1, 0.15) is 17.3 Å². The van der Waals surface area contributed by atoms with E-state index in [4.69, 9.17) is 4.74 Å². The summed E-state index contributed by atoms with van der Waals surface area (Å²) in [5.41, 5.74) is -0.0470. The van der Waals surface area contributed by atoms with Crippen LogP contribution in [0.4, 0.5) is 10.1 Å². The smallest absolute Gasteiger partial charge is 0.328 e. The summed E-state index contributed by atoms with van der Waals surface area (Å²) in [5.74, 6) is -0.275. The number of aromatic amines is 1. The molecule has 0 atom stereocenters. The minimum Gasteiger partial charge on any atom is -0.455 e. The molecule has 7 nitrogen and oxygen atoms in total. The van der Waals surface area contributed by atoms with E-state index >= 15 is 0 Å². The van der Waals surface area contributed by atoms with Gasteiger partial charge < -0.3 is 15.0 Å². The Labute approximate surface area is 175 Å². The van der Waals surface area contributed by atoms with Crippen molar-refractivity contribution in [3.05, 3.63) is 98.9 Å². The van der Waals surface area contributed by atoms with Gasteiger partial charge in [0.25, 0.3) is 11.5 Å². The maximum atomic E-state index is 13.4. The number of nitrogens with zero attached hydrogens (tertiary/aromatic N) is 1. The predicted molar refractivity (Wildman–Crippen MR) is 115 cm³/mol. The van der Waals surface area contributed by atoms with E-state index in [1.807, 2.05) is 0 Å². The monoisotopic (exact) mass is 419 g/mol. The van der Waals surface area contributed by atoms with Crippen LogP contribution in [0.2, 0.25) is 0 Å². The Morgan fingerprint density at radius 2 is 1.87 bits per heavy atom. The molecule has 4 aromatic rings. The lowest BCUT2D eigenvalue weighted by Gasteiger charge is -2.12. The standard InChI is InChI=1S/C23H18FN3O4/c1-2-27-22(29)17-11-10-14(12-19(17)26-23(27)30)21(28)25-18-8-3-4-9-20(18)31-16-7-5-6-15(24)13-16/h3-13H,2H2,1H3,(H,25,28)(H,26,30). The van der Waals surface area contributed by atoms with Gasteiger partial charge in [-0.3, -0.25) is 14.2 Å². The first kappa shape index (κ1) is 20.1. The lowest BCUT2D eigenvalue weighted by molar-refractivity contribution is 0.102. The number of carbonyl (C=O) groups is 1. The molecule has 2 N–H and O–H groups in total. The van der Waals surface area contributed by atoms with E-state index in [0.717, 1.165) is 4.57 Å². The average molecular weight is 419 g/mol. The van der Waals surface area contributed by atoms with Crippen LogP contribution >= 0.6 is 0 Å². The van der Waals surface area contributed by atoms with Gasteiger partial charge in [-0.2, -0.15) is 0 Å². The van der Waals surface area contributed by atoms with Crippen LogP contribution in [-0.2, 0) is 6.54 Å². The van der Waals surface area contributed by atoms with Gasteiger partial charge in [0.1, 0.15) is 11.6 Å². The zero-order valence-corrected chi connectivity index (χ0v) is 16.5. The molecule has 0 aliphatic carbocycles. The number of H-pyrrole nitrogens is 1. The largest absolute Gasteiger partial charge is 0.455 e. The number of benzene rings is 3. The fourth-order valence-electron chi connectivity index (χ4n) is 3.19. The molecule has 0 saturated carbocycles. The molecule has 0 fully saturated rings.